The Kier molecular flexibility index (Phi) is 2.04. The van der Waals surface area contributed by atoms with Crippen molar-refractivity contribution in [1.29, 1.82) is 0 Å². The van der Waals surface area contributed by atoms with Gasteiger partial charge in [-0.1, -0.05) is 31.2 Å². The van der Waals surface area contributed by atoms with Gasteiger partial charge in [0.1, 0.15) is 0 Å². The van der Waals surface area contributed by atoms with Crippen LogP contribution in [0.1, 0.15) is 18.1 Å². The van der Waals surface area contributed by atoms with Crippen LogP contribution < -0.4 is 0 Å². The second kappa shape index (κ2) is 3.10. The van der Waals surface area contributed by atoms with E-state index in [1.54, 1.807) is 6.07 Å². The molecule has 0 bridgehead atoms. The predicted octanol–water partition coefficient (Wildman–Crippen LogP) is 1.56. The second-order valence-electron chi connectivity index (χ2n) is 3.47. The molecule has 0 saturated carbocycles. The number of carboxylic acids is 1. The van der Waals surface area contributed by atoms with Crippen LogP contribution >= 0.6 is 0 Å². The molecule has 1 saturated heterocycles. The average Bonchev–Trinajstić information content (AvgIpc) is 2.98. The maximum absolute atomic E-state index is 11.0. The van der Waals surface area contributed by atoms with Gasteiger partial charge in [0.15, 0.2) is 0 Å². The van der Waals surface area contributed by atoms with Crippen molar-refractivity contribution in [2.75, 3.05) is 6.61 Å². The minimum absolute atomic E-state index is 0.287. The lowest BCUT2D eigenvalue weighted by molar-refractivity contribution is -0.143. The van der Waals surface area contributed by atoms with Crippen molar-refractivity contribution in [1.82, 2.24) is 0 Å². The molecule has 0 amide bonds. The Morgan fingerprint density at radius 2 is 2.36 bits per heavy atom. The van der Waals surface area contributed by atoms with Crippen molar-refractivity contribution in [2.24, 2.45) is 0 Å². The molecule has 1 aliphatic heterocycles. The molecule has 1 fully saturated rings. The normalized spacial score (nSPS) is 24.6. The standard InChI is InChI=1S/C11H12O3/c1-2-8-4-3-5-9(6-8)11(7-14-11)10(12)13/h3-6H,2,7H2,1H3,(H,12,13). The van der Waals surface area contributed by atoms with Crippen LogP contribution in [-0.4, -0.2) is 17.7 Å². The third-order valence-corrected chi connectivity index (χ3v) is 2.58. The fourth-order valence-corrected chi connectivity index (χ4v) is 1.53. The Balaban J connectivity index is 2.37. The maximum atomic E-state index is 11.0. The Labute approximate surface area is 82.3 Å². The summed E-state index contributed by atoms with van der Waals surface area (Å²) in [7, 11) is 0. The maximum Gasteiger partial charge on any atom is 0.343 e. The van der Waals surface area contributed by atoms with Crippen LogP contribution in [0.2, 0.25) is 0 Å². The molecule has 1 aliphatic rings. The van der Waals surface area contributed by atoms with E-state index in [-0.39, 0.29) is 6.61 Å². The van der Waals surface area contributed by atoms with Gasteiger partial charge in [0.05, 0.1) is 6.61 Å². The lowest BCUT2D eigenvalue weighted by Gasteiger charge is -2.07. The number of hydrogen-bond acceptors (Lipinski definition) is 2. The lowest BCUT2D eigenvalue weighted by atomic mass is 9.97. The van der Waals surface area contributed by atoms with Gasteiger partial charge < -0.3 is 9.84 Å². The van der Waals surface area contributed by atoms with Gasteiger partial charge in [-0.05, 0) is 17.5 Å². The van der Waals surface area contributed by atoms with Gasteiger partial charge in [-0.2, -0.15) is 0 Å². The predicted molar refractivity (Wildman–Crippen MR) is 51.1 cm³/mol. The highest BCUT2D eigenvalue weighted by molar-refractivity contribution is 5.82. The SMILES string of the molecule is CCc1cccc(C2(C(=O)O)CO2)c1. The van der Waals surface area contributed by atoms with Crippen LogP contribution in [0.25, 0.3) is 0 Å². The molecular formula is C11H12O3. The number of aliphatic carboxylic acids is 1. The molecular weight excluding hydrogens is 180 g/mol. The summed E-state index contributed by atoms with van der Waals surface area (Å²) in [5.74, 6) is -0.897. The van der Waals surface area contributed by atoms with E-state index in [9.17, 15) is 4.79 Å². The number of carboxylic acid groups (broad SMARTS) is 1. The number of epoxide rings is 1. The van der Waals surface area contributed by atoms with Gasteiger partial charge in [-0.3, -0.25) is 0 Å². The van der Waals surface area contributed by atoms with Crippen molar-refractivity contribution < 1.29 is 14.6 Å². The van der Waals surface area contributed by atoms with Gasteiger partial charge in [-0.25, -0.2) is 4.79 Å². The van der Waals surface area contributed by atoms with Crippen molar-refractivity contribution in [3.63, 3.8) is 0 Å². The average molecular weight is 192 g/mol. The molecule has 2 rings (SSSR count). The van der Waals surface area contributed by atoms with Crippen molar-refractivity contribution >= 4 is 5.97 Å². The number of carbonyl (C=O) groups is 1. The molecule has 14 heavy (non-hydrogen) atoms. The van der Waals surface area contributed by atoms with Crippen molar-refractivity contribution in [2.45, 2.75) is 18.9 Å². The summed E-state index contributed by atoms with van der Waals surface area (Å²) in [6, 6.07) is 7.57. The summed E-state index contributed by atoms with van der Waals surface area (Å²) in [5.41, 5.74) is 0.841. The largest absolute Gasteiger partial charge is 0.479 e. The van der Waals surface area contributed by atoms with E-state index in [0.717, 1.165) is 17.5 Å². The van der Waals surface area contributed by atoms with Gasteiger partial charge in [0, 0.05) is 0 Å². The van der Waals surface area contributed by atoms with Crippen LogP contribution in [-0.2, 0) is 21.6 Å². The monoisotopic (exact) mass is 192 g/mol. The molecule has 1 N–H and O–H groups in total. The summed E-state index contributed by atoms with van der Waals surface area (Å²) in [5, 5.41) is 9.00. The minimum Gasteiger partial charge on any atom is -0.479 e. The molecule has 1 aromatic rings. The van der Waals surface area contributed by atoms with Crippen molar-refractivity contribution in [3.05, 3.63) is 35.4 Å². The van der Waals surface area contributed by atoms with E-state index in [0.29, 0.717) is 0 Å². The van der Waals surface area contributed by atoms with Gasteiger partial charge in [-0.15, -0.1) is 0 Å². The molecule has 1 heterocycles. The molecule has 1 unspecified atom stereocenters. The molecule has 74 valence electrons. The molecule has 1 aromatic carbocycles. The fourth-order valence-electron chi connectivity index (χ4n) is 1.53. The Morgan fingerprint density at radius 3 is 2.86 bits per heavy atom. The Hall–Kier alpha value is -1.35. The molecule has 0 spiro atoms. The van der Waals surface area contributed by atoms with Crippen molar-refractivity contribution in [3.8, 4) is 0 Å². The van der Waals surface area contributed by atoms with Gasteiger partial charge in [0.2, 0.25) is 5.60 Å². The highest BCUT2D eigenvalue weighted by Crippen LogP contribution is 2.39. The zero-order chi connectivity index (χ0) is 10.2. The number of aryl methyl sites for hydroxylation is 1. The molecule has 1 atom stereocenters. The zero-order valence-electron chi connectivity index (χ0n) is 7.99. The van der Waals surface area contributed by atoms with Gasteiger partial charge >= 0.3 is 5.97 Å². The Morgan fingerprint density at radius 1 is 1.64 bits per heavy atom. The fraction of sp³-hybridized carbons (Fsp3) is 0.364. The summed E-state index contributed by atoms with van der Waals surface area (Å²) in [6.45, 7) is 2.33. The summed E-state index contributed by atoms with van der Waals surface area (Å²) in [6.07, 6.45) is 0.906. The smallest absolute Gasteiger partial charge is 0.343 e. The third-order valence-electron chi connectivity index (χ3n) is 2.58. The lowest BCUT2D eigenvalue weighted by Crippen LogP contribution is -2.21. The highest BCUT2D eigenvalue weighted by atomic mass is 16.6. The quantitative estimate of drug-likeness (QED) is 0.739. The van der Waals surface area contributed by atoms with Crippen LogP contribution in [0.5, 0.6) is 0 Å². The number of ether oxygens (including phenoxy) is 1. The van der Waals surface area contributed by atoms with E-state index in [4.69, 9.17) is 9.84 Å². The molecule has 0 aromatic heterocycles. The first-order chi connectivity index (χ1) is 6.69. The first-order valence-electron chi connectivity index (χ1n) is 4.66. The van der Waals surface area contributed by atoms with Gasteiger partial charge in [0.25, 0.3) is 0 Å². The Bertz CT molecular complexity index is 367. The van der Waals surface area contributed by atoms with Crippen LogP contribution in [0, 0.1) is 0 Å². The number of rotatable bonds is 3. The number of benzene rings is 1. The molecule has 0 radical (unpaired) electrons. The highest BCUT2D eigenvalue weighted by Gasteiger charge is 2.54. The van der Waals surface area contributed by atoms with Crippen LogP contribution in [0.4, 0.5) is 0 Å². The summed E-state index contributed by atoms with van der Waals surface area (Å²) in [4.78, 5) is 11.0. The zero-order valence-corrected chi connectivity index (χ0v) is 7.99. The van der Waals surface area contributed by atoms with E-state index < -0.39 is 11.6 Å². The molecule has 3 heteroatoms. The topological polar surface area (TPSA) is 49.8 Å². The summed E-state index contributed by atoms with van der Waals surface area (Å²) < 4.78 is 5.04. The molecule has 3 nitrogen and oxygen atoms in total. The first kappa shape index (κ1) is 9.21. The van der Waals surface area contributed by atoms with E-state index in [1.807, 2.05) is 25.1 Å². The minimum atomic E-state index is -1.05. The van der Waals surface area contributed by atoms with Crippen LogP contribution in [0.15, 0.2) is 24.3 Å². The van der Waals surface area contributed by atoms with E-state index in [2.05, 4.69) is 0 Å². The van der Waals surface area contributed by atoms with E-state index in [1.165, 1.54) is 0 Å². The summed E-state index contributed by atoms with van der Waals surface area (Å²) >= 11 is 0. The third kappa shape index (κ3) is 1.30. The first-order valence-corrected chi connectivity index (χ1v) is 4.66. The molecule has 0 aliphatic carbocycles. The van der Waals surface area contributed by atoms with E-state index >= 15 is 0 Å². The number of hydrogen-bond donors (Lipinski definition) is 1. The second-order valence-corrected chi connectivity index (χ2v) is 3.47. The van der Waals surface area contributed by atoms with Crippen LogP contribution in [0.3, 0.4) is 0 Å².